The first-order valence-corrected chi connectivity index (χ1v) is 7.32. The molecule has 7 heteroatoms. The molecule has 5 nitrogen and oxygen atoms in total. The Morgan fingerprint density at radius 3 is 2.79 bits per heavy atom. The molecular weight excluding hydrogens is 318 g/mol. The van der Waals surface area contributed by atoms with Crippen LogP contribution in [0.1, 0.15) is 6.42 Å². The number of benzene rings is 2. The summed E-state index contributed by atoms with van der Waals surface area (Å²) in [6, 6.07) is 10.5. The molecule has 0 radical (unpaired) electrons. The molecule has 0 atom stereocenters. The van der Waals surface area contributed by atoms with Gasteiger partial charge in [-0.05, 0) is 24.3 Å². The summed E-state index contributed by atoms with van der Waals surface area (Å²) in [4.78, 5) is 25.4. The maximum absolute atomic E-state index is 13.5. The average molecular weight is 332 g/mol. The average Bonchev–Trinajstić information content (AvgIpc) is 2.58. The highest BCUT2D eigenvalue weighted by molar-refractivity contribution is 5.99. The van der Waals surface area contributed by atoms with Gasteiger partial charge in [-0.1, -0.05) is 18.2 Å². The molecule has 0 spiro atoms. The number of hydrogen-bond donors (Lipinski definition) is 1. The van der Waals surface area contributed by atoms with Gasteiger partial charge < -0.3 is 15.0 Å². The van der Waals surface area contributed by atoms with E-state index in [0.717, 1.165) is 6.07 Å². The first-order chi connectivity index (χ1) is 11.6. The van der Waals surface area contributed by atoms with Crippen LogP contribution in [0.3, 0.4) is 0 Å². The molecule has 1 aliphatic heterocycles. The summed E-state index contributed by atoms with van der Waals surface area (Å²) in [5.74, 6) is -2.37. The third-order valence-electron chi connectivity index (χ3n) is 3.60. The van der Waals surface area contributed by atoms with Crippen LogP contribution in [0.4, 0.5) is 20.2 Å². The molecule has 1 heterocycles. The number of carbonyl (C=O) groups excluding carboxylic acids is 2. The second kappa shape index (κ2) is 6.66. The smallest absolute Gasteiger partial charge is 0.265 e. The minimum Gasteiger partial charge on any atom is -0.482 e. The van der Waals surface area contributed by atoms with Crippen LogP contribution >= 0.6 is 0 Å². The SMILES string of the molecule is O=C(CCN1C(=O)COc2ccccc21)Nc1cccc(F)c1F. The van der Waals surface area contributed by atoms with Crippen LogP contribution in [0, 0.1) is 11.6 Å². The van der Waals surface area contributed by atoms with Crippen molar-refractivity contribution in [3.63, 3.8) is 0 Å². The summed E-state index contributed by atoms with van der Waals surface area (Å²) in [6.07, 6.45) is -0.0595. The van der Waals surface area contributed by atoms with Gasteiger partial charge in [0.05, 0.1) is 11.4 Å². The molecule has 24 heavy (non-hydrogen) atoms. The lowest BCUT2D eigenvalue weighted by Crippen LogP contribution is -2.40. The molecule has 0 aliphatic carbocycles. The van der Waals surface area contributed by atoms with Crippen molar-refractivity contribution < 1.29 is 23.1 Å². The molecular formula is C17H14F2N2O3. The molecule has 2 amide bonds. The molecule has 0 saturated carbocycles. The Hall–Kier alpha value is -2.96. The first kappa shape index (κ1) is 15.9. The quantitative estimate of drug-likeness (QED) is 0.936. The van der Waals surface area contributed by atoms with Gasteiger partial charge in [0.25, 0.3) is 5.91 Å². The van der Waals surface area contributed by atoms with Crippen molar-refractivity contribution in [1.82, 2.24) is 0 Å². The molecule has 1 N–H and O–H groups in total. The van der Waals surface area contributed by atoms with Crippen molar-refractivity contribution >= 4 is 23.2 Å². The fourth-order valence-electron chi connectivity index (χ4n) is 2.43. The zero-order chi connectivity index (χ0) is 17.1. The Morgan fingerprint density at radius 1 is 1.17 bits per heavy atom. The van der Waals surface area contributed by atoms with Crippen molar-refractivity contribution in [2.75, 3.05) is 23.4 Å². The van der Waals surface area contributed by atoms with E-state index in [-0.39, 0.29) is 31.2 Å². The second-order valence-electron chi connectivity index (χ2n) is 5.20. The van der Waals surface area contributed by atoms with Gasteiger partial charge in [-0.3, -0.25) is 9.59 Å². The van der Waals surface area contributed by atoms with Gasteiger partial charge >= 0.3 is 0 Å². The molecule has 3 rings (SSSR count). The van der Waals surface area contributed by atoms with Gasteiger partial charge in [-0.2, -0.15) is 0 Å². The van der Waals surface area contributed by atoms with Crippen LogP contribution in [0.5, 0.6) is 5.75 Å². The van der Waals surface area contributed by atoms with E-state index >= 15 is 0 Å². The fourth-order valence-corrected chi connectivity index (χ4v) is 2.43. The van der Waals surface area contributed by atoms with E-state index in [1.807, 2.05) is 0 Å². The van der Waals surface area contributed by atoms with E-state index in [1.165, 1.54) is 17.0 Å². The monoisotopic (exact) mass is 332 g/mol. The predicted octanol–water partition coefficient (Wildman–Crippen LogP) is 2.72. The Kier molecular flexibility index (Phi) is 4.41. The lowest BCUT2D eigenvalue weighted by molar-refractivity contribution is -0.121. The van der Waals surface area contributed by atoms with E-state index in [2.05, 4.69) is 5.32 Å². The predicted molar refractivity (Wildman–Crippen MR) is 83.9 cm³/mol. The van der Waals surface area contributed by atoms with Crippen molar-refractivity contribution in [2.24, 2.45) is 0 Å². The molecule has 0 unspecified atom stereocenters. The summed E-state index contributed by atoms with van der Waals surface area (Å²) < 4.78 is 32.0. The van der Waals surface area contributed by atoms with E-state index < -0.39 is 17.5 Å². The minimum atomic E-state index is -1.11. The lowest BCUT2D eigenvalue weighted by atomic mass is 10.2. The zero-order valence-corrected chi connectivity index (χ0v) is 12.6. The maximum atomic E-state index is 13.5. The number of nitrogens with zero attached hydrogens (tertiary/aromatic N) is 1. The number of hydrogen-bond acceptors (Lipinski definition) is 3. The standard InChI is InChI=1S/C17H14F2N2O3/c18-11-4-3-5-12(17(11)19)20-15(22)8-9-21-13-6-1-2-7-14(13)24-10-16(21)23/h1-7H,8-10H2,(H,20,22). The molecule has 0 saturated heterocycles. The highest BCUT2D eigenvalue weighted by atomic mass is 19.2. The topological polar surface area (TPSA) is 58.6 Å². The van der Waals surface area contributed by atoms with Gasteiger partial charge in [0.1, 0.15) is 5.75 Å². The Balaban J connectivity index is 1.66. The fraction of sp³-hybridized carbons (Fsp3) is 0.176. The number of halogens is 2. The normalized spacial score (nSPS) is 13.2. The van der Waals surface area contributed by atoms with Crippen molar-refractivity contribution in [3.05, 3.63) is 54.1 Å². The third kappa shape index (κ3) is 3.19. The number of carbonyl (C=O) groups is 2. The number of amides is 2. The van der Waals surface area contributed by atoms with Crippen molar-refractivity contribution in [1.29, 1.82) is 0 Å². The number of nitrogens with one attached hydrogen (secondary N) is 1. The highest BCUT2D eigenvalue weighted by Gasteiger charge is 2.25. The molecule has 124 valence electrons. The highest BCUT2D eigenvalue weighted by Crippen LogP contribution is 2.31. The van der Waals surface area contributed by atoms with Crippen molar-refractivity contribution in [2.45, 2.75) is 6.42 Å². The van der Waals surface area contributed by atoms with Crippen molar-refractivity contribution in [3.8, 4) is 5.75 Å². The van der Waals surface area contributed by atoms with E-state index in [4.69, 9.17) is 4.74 Å². The van der Waals surface area contributed by atoms with E-state index in [0.29, 0.717) is 11.4 Å². The van der Waals surface area contributed by atoms with Gasteiger partial charge in [-0.15, -0.1) is 0 Å². The maximum Gasteiger partial charge on any atom is 0.265 e. The number of para-hydroxylation sites is 2. The third-order valence-corrected chi connectivity index (χ3v) is 3.60. The van der Waals surface area contributed by atoms with E-state index in [9.17, 15) is 18.4 Å². The van der Waals surface area contributed by atoms with E-state index in [1.54, 1.807) is 24.3 Å². The Morgan fingerprint density at radius 2 is 1.96 bits per heavy atom. The summed E-state index contributed by atoms with van der Waals surface area (Å²) >= 11 is 0. The van der Waals surface area contributed by atoms with Crippen LogP contribution < -0.4 is 15.0 Å². The summed E-state index contributed by atoms with van der Waals surface area (Å²) in [6.45, 7) is 0.0130. The molecule has 0 fully saturated rings. The van der Waals surface area contributed by atoms with Gasteiger partial charge in [0.2, 0.25) is 5.91 Å². The lowest BCUT2D eigenvalue weighted by Gasteiger charge is -2.29. The summed E-state index contributed by atoms with van der Waals surface area (Å²) in [5.41, 5.74) is 0.354. The van der Waals surface area contributed by atoms with Gasteiger partial charge in [-0.25, -0.2) is 8.78 Å². The van der Waals surface area contributed by atoms with Crippen LogP contribution in [0.15, 0.2) is 42.5 Å². The number of rotatable bonds is 4. The van der Waals surface area contributed by atoms with Gasteiger partial charge in [0.15, 0.2) is 18.2 Å². The number of fused-ring (bicyclic) bond motifs is 1. The molecule has 0 aromatic heterocycles. The molecule has 0 bridgehead atoms. The summed E-state index contributed by atoms with van der Waals surface area (Å²) in [5, 5.41) is 2.31. The minimum absolute atomic E-state index is 0.0595. The Labute approximate surface area is 136 Å². The van der Waals surface area contributed by atoms with Crippen LogP contribution in [0.2, 0.25) is 0 Å². The zero-order valence-electron chi connectivity index (χ0n) is 12.6. The van der Waals surface area contributed by atoms with Crippen LogP contribution in [-0.2, 0) is 9.59 Å². The molecule has 2 aromatic carbocycles. The first-order valence-electron chi connectivity index (χ1n) is 7.32. The number of anilines is 2. The Bertz CT molecular complexity index is 795. The number of ether oxygens (including phenoxy) is 1. The van der Waals surface area contributed by atoms with Crippen LogP contribution in [-0.4, -0.2) is 25.0 Å². The van der Waals surface area contributed by atoms with Gasteiger partial charge in [0, 0.05) is 13.0 Å². The van der Waals surface area contributed by atoms with Crippen LogP contribution in [0.25, 0.3) is 0 Å². The molecule has 2 aromatic rings. The second-order valence-corrected chi connectivity index (χ2v) is 5.20. The summed E-state index contributed by atoms with van der Waals surface area (Å²) in [7, 11) is 0. The molecule has 1 aliphatic rings. The largest absolute Gasteiger partial charge is 0.482 e.